The molecular weight excluding hydrogens is 289 g/mol. The number of aromatic nitrogens is 2. The average Bonchev–Trinajstić information content (AvgIpc) is 3.06. The van der Waals surface area contributed by atoms with E-state index in [-0.39, 0.29) is 18.5 Å². The number of benzene rings is 1. The summed E-state index contributed by atoms with van der Waals surface area (Å²) in [7, 11) is 1.56. The molecule has 1 aliphatic heterocycles. The molecule has 118 valence electrons. The van der Waals surface area contributed by atoms with Crippen LogP contribution in [0.2, 0.25) is 0 Å². The van der Waals surface area contributed by atoms with E-state index in [9.17, 15) is 9.50 Å². The third-order valence-corrected chi connectivity index (χ3v) is 3.74. The molecule has 1 aromatic heterocycles. The van der Waals surface area contributed by atoms with E-state index >= 15 is 0 Å². The van der Waals surface area contributed by atoms with E-state index in [1.54, 1.807) is 13.2 Å². The summed E-state index contributed by atoms with van der Waals surface area (Å²) in [5.74, 6) is 0.669. The van der Waals surface area contributed by atoms with Gasteiger partial charge in [0.1, 0.15) is 12.4 Å². The van der Waals surface area contributed by atoms with Crippen LogP contribution < -0.4 is 0 Å². The predicted molar refractivity (Wildman–Crippen MR) is 75.2 cm³/mol. The van der Waals surface area contributed by atoms with Crippen molar-refractivity contribution in [1.29, 1.82) is 0 Å². The molecule has 2 heterocycles. The maximum atomic E-state index is 13.4. The predicted octanol–water partition coefficient (Wildman–Crippen LogP) is 1.66. The topological polar surface area (TPSA) is 71.6 Å². The van der Waals surface area contributed by atoms with E-state index in [2.05, 4.69) is 10.1 Å². The Labute approximate surface area is 127 Å². The number of β-amino-alcohol motifs (C(OH)–C–C–N with tert-alkyl or cyclic N) is 1. The van der Waals surface area contributed by atoms with Crippen LogP contribution in [0, 0.1) is 5.82 Å². The summed E-state index contributed by atoms with van der Waals surface area (Å²) < 4.78 is 23.4. The fraction of sp³-hybridized carbons (Fsp3) is 0.467. The number of aliphatic hydroxyl groups excluding tert-OH is 1. The lowest BCUT2D eigenvalue weighted by atomic mass is 10.0. The van der Waals surface area contributed by atoms with Gasteiger partial charge in [0.05, 0.1) is 12.6 Å². The molecule has 1 aromatic carbocycles. The summed E-state index contributed by atoms with van der Waals surface area (Å²) in [4.78, 5) is 6.26. The van der Waals surface area contributed by atoms with Crippen LogP contribution >= 0.6 is 0 Å². The minimum atomic E-state index is -0.446. The fourth-order valence-corrected chi connectivity index (χ4v) is 2.83. The van der Waals surface area contributed by atoms with Gasteiger partial charge in [-0.25, -0.2) is 4.39 Å². The first-order valence-corrected chi connectivity index (χ1v) is 7.13. The number of ether oxygens (including phenoxy) is 1. The normalized spacial score (nSPS) is 22.3. The highest BCUT2D eigenvalue weighted by atomic mass is 19.1. The SMILES string of the molecule is COCc1nc(CN2C[C@@H](O)C[C@H]2c2cccc(F)c2)no1. The molecule has 2 atom stereocenters. The molecule has 0 unspecified atom stereocenters. The van der Waals surface area contributed by atoms with Crippen molar-refractivity contribution in [2.75, 3.05) is 13.7 Å². The third-order valence-electron chi connectivity index (χ3n) is 3.74. The smallest absolute Gasteiger partial charge is 0.252 e. The Morgan fingerprint density at radius 1 is 1.50 bits per heavy atom. The Morgan fingerprint density at radius 3 is 3.14 bits per heavy atom. The van der Waals surface area contributed by atoms with Crippen molar-refractivity contribution in [1.82, 2.24) is 15.0 Å². The van der Waals surface area contributed by atoms with Gasteiger partial charge >= 0.3 is 0 Å². The quantitative estimate of drug-likeness (QED) is 0.906. The minimum absolute atomic E-state index is 0.0601. The van der Waals surface area contributed by atoms with E-state index < -0.39 is 6.10 Å². The number of methoxy groups -OCH3 is 1. The monoisotopic (exact) mass is 307 g/mol. The molecule has 0 amide bonds. The summed E-state index contributed by atoms with van der Waals surface area (Å²) in [6, 6.07) is 6.40. The number of nitrogens with zero attached hydrogens (tertiary/aromatic N) is 3. The summed E-state index contributed by atoms with van der Waals surface area (Å²) in [6.07, 6.45) is 0.116. The van der Waals surface area contributed by atoms with Crippen LogP contribution in [0.4, 0.5) is 4.39 Å². The highest BCUT2D eigenvalue weighted by Crippen LogP contribution is 2.33. The molecule has 0 radical (unpaired) electrons. The van der Waals surface area contributed by atoms with Crippen molar-refractivity contribution in [3.8, 4) is 0 Å². The summed E-state index contributed by atoms with van der Waals surface area (Å²) in [5.41, 5.74) is 0.845. The lowest BCUT2D eigenvalue weighted by Gasteiger charge is -2.22. The maximum Gasteiger partial charge on any atom is 0.252 e. The average molecular weight is 307 g/mol. The van der Waals surface area contributed by atoms with Crippen LogP contribution in [0.5, 0.6) is 0 Å². The van der Waals surface area contributed by atoms with Gasteiger partial charge < -0.3 is 14.4 Å². The van der Waals surface area contributed by atoms with Crippen molar-refractivity contribution in [2.24, 2.45) is 0 Å². The summed E-state index contributed by atoms with van der Waals surface area (Å²) in [5, 5.41) is 13.9. The lowest BCUT2D eigenvalue weighted by molar-refractivity contribution is 0.151. The van der Waals surface area contributed by atoms with Gasteiger partial charge in [-0.05, 0) is 24.1 Å². The second kappa shape index (κ2) is 6.51. The second-order valence-electron chi connectivity index (χ2n) is 5.43. The Morgan fingerprint density at radius 2 is 2.36 bits per heavy atom. The fourth-order valence-electron chi connectivity index (χ4n) is 2.83. The molecule has 0 spiro atoms. The number of halogens is 1. The number of rotatable bonds is 5. The Bertz CT molecular complexity index is 634. The van der Waals surface area contributed by atoms with Crippen LogP contribution in [0.15, 0.2) is 28.8 Å². The van der Waals surface area contributed by atoms with E-state index in [1.807, 2.05) is 11.0 Å². The number of likely N-dealkylation sites (tertiary alicyclic amines) is 1. The molecule has 2 aromatic rings. The summed E-state index contributed by atoms with van der Waals surface area (Å²) in [6.45, 7) is 1.20. The first-order valence-electron chi connectivity index (χ1n) is 7.13. The number of hydrogen-bond donors (Lipinski definition) is 1. The Kier molecular flexibility index (Phi) is 4.47. The van der Waals surface area contributed by atoms with Crippen molar-refractivity contribution >= 4 is 0 Å². The third kappa shape index (κ3) is 3.32. The van der Waals surface area contributed by atoms with Crippen molar-refractivity contribution in [3.05, 3.63) is 47.4 Å². The van der Waals surface area contributed by atoms with Gasteiger partial charge in [-0.2, -0.15) is 4.98 Å². The van der Waals surface area contributed by atoms with E-state index in [0.29, 0.717) is 31.2 Å². The lowest BCUT2D eigenvalue weighted by Crippen LogP contribution is -2.25. The summed E-state index contributed by atoms with van der Waals surface area (Å²) >= 11 is 0. The van der Waals surface area contributed by atoms with Crippen LogP contribution in [0.1, 0.15) is 29.7 Å². The van der Waals surface area contributed by atoms with Gasteiger partial charge in [0.2, 0.25) is 0 Å². The largest absolute Gasteiger partial charge is 0.392 e. The minimum Gasteiger partial charge on any atom is -0.392 e. The Hall–Kier alpha value is -1.83. The zero-order valence-corrected chi connectivity index (χ0v) is 12.3. The first kappa shape index (κ1) is 15.1. The maximum absolute atomic E-state index is 13.4. The number of aliphatic hydroxyl groups is 1. The molecule has 1 aliphatic rings. The molecule has 22 heavy (non-hydrogen) atoms. The van der Waals surface area contributed by atoms with Gasteiger partial charge in [-0.1, -0.05) is 17.3 Å². The number of hydrogen-bond acceptors (Lipinski definition) is 6. The van der Waals surface area contributed by atoms with Gasteiger partial charge in [-0.15, -0.1) is 0 Å². The highest BCUT2D eigenvalue weighted by Gasteiger charge is 2.33. The molecule has 0 bridgehead atoms. The van der Waals surface area contributed by atoms with Gasteiger partial charge in [0, 0.05) is 19.7 Å². The van der Waals surface area contributed by atoms with E-state index in [4.69, 9.17) is 9.26 Å². The van der Waals surface area contributed by atoms with Crippen LogP contribution in [0.3, 0.4) is 0 Å². The van der Waals surface area contributed by atoms with Crippen molar-refractivity contribution < 1.29 is 18.8 Å². The zero-order valence-electron chi connectivity index (χ0n) is 12.3. The molecule has 0 saturated carbocycles. The van der Waals surface area contributed by atoms with Crippen LogP contribution in [-0.4, -0.2) is 39.9 Å². The molecule has 1 N–H and O–H groups in total. The molecule has 7 heteroatoms. The molecule has 3 rings (SSSR count). The zero-order chi connectivity index (χ0) is 15.5. The molecule has 6 nitrogen and oxygen atoms in total. The van der Waals surface area contributed by atoms with Crippen LogP contribution in [-0.2, 0) is 17.9 Å². The highest BCUT2D eigenvalue weighted by molar-refractivity contribution is 5.21. The molecule has 0 aliphatic carbocycles. The van der Waals surface area contributed by atoms with Crippen molar-refractivity contribution in [3.63, 3.8) is 0 Å². The standard InChI is InChI=1S/C15H18FN3O3/c1-21-9-15-17-14(18-22-15)8-19-7-12(20)6-13(19)10-3-2-4-11(16)5-10/h2-5,12-13,20H,6-9H2,1H3/t12-,13-/m0/s1. The first-order chi connectivity index (χ1) is 10.7. The van der Waals surface area contributed by atoms with Gasteiger partial charge in [0.25, 0.3) is 5.89 Å². The van der Waals surface area contributed by atoms with Gasteiger partial charge in [0.15, 0.2) is 5.82 Å². The van der Waals surface area contributed by atoms with E-state index in [1.165, 1.54) is 12.1 Å². The Balaban J connectivity index is 1.75. The van der Waals surface area contributed by atoms with E-state index in [0.717, 1.165) is 5.56 Å². The molecule has 1 fully saturated rings. The van der Waals surface area contributed by atoms with Crippen molar-refractivity contribution in [2.45, 2.75) is 31.7 Å². The van der Waals surface area contributed by atoms with Gasteiger partial charge in [-0.3, -0.25) is 4.90 Å². The van der Waals surface area contributed by atoms with Crippen LogP contribution in [0.25, 0.3) is 0 Å². The second-order valence-corrected chi connectivity index (χ2v) is 5.43. The molecular formula is C15H18FN3O3. The molecule has 1 saturated heterocycles.